The maximum absolute atomic E-state index is 5.74. The molecule has 1 saturated heterocycles. The van der Waals surface area contributed by atoms with E-state index in [-0.39, 0.29) is 0 Å². The Morgan fingerprint density at radius 3 is 3.07 bits per heavy atom. The van der Waals surface area contributed by atoms with Gasteiger partial charge in [-0.2, -0.15) is 0 Å². The lowest BCUT2D eigenvalue weighted by molar-refractivity contribution is 0.248. The van der Waals surface area contributed by atoms with Gasteiger partial charge in [-0.3, -0.25) is 4.90 Å². The Labute approximate surface area is 95.4 Å². The summed E-state index contributed by atoms with van der Waals surface area (Å²) < 4.78 is 0. The summed E-state index contributed by atoms with van der Waals surface area (Å²) in [5.41, 5.74) is 1.22. The molecule has 4 heteroatoms. The molecule has 0 radical (unpaired) electrons. The third kappa shape index (κ3) is 2.91. The molecule has 0 aromatic carbocycles. The van der Waals surface area contributed by atoms with Crippen molar-refractivity contribution < 1.29 is 0 Å². The average molecular weight is 226 g/mol. The highest BCUT2D eigenvalue weighted by Gasteiger charge is 2.18. The number of hydrogen-bond donors (Lipinski definition) is 1. The maximum Gasteiger partial charge on any atom is 0.129 e. The van der Waals surface area contributed by atoms with Crippen molar-refractivity contribution in [2.24, 2.45) is 0 Å². The molecule has 2 rings (SSSR count). The third-order valence-electron chi connectivity index (χ3n) is 2.88. The van der Waals surface area contributed by atoms with Crippen LogP contribution in [0.3, 0.4) is 0 Å². The molecule has 2 heterocycles. The van der Waals surface area contributed by atoms with Crippen molar-refractivity contribution in [2.75, 3.05) is 20.1 Å². The van der Waals surface area contributed by atoms with Crippen molar-refractivity contribution in [3.05, 3.63) is 29.0 Å². The summed E-state index contributed by atoms with van der Waals surface area (Å²) in [6.07, 6.45) is 3.08. The van der Waals surface area contributed by atoms with Crippen molar-refractivity contribution in [1.82, 2.24) is 15.2 Å². The number of likely N-dealkylation sites (N-methyl/N-ethyl adjacent to an activating group) is 1. The molecule has 1 aliphatic rings. The predicted octanol–water partition coefficient (Wildman–Crippen LogP) is 1.53. The number of aromatic nitrogens is 1. The van der Waals surface area contributed by atoms with Gasteiger partial charge in [-0.1, -0.05) is 17.7 Å². The van der Waals surface area contributed by atoms with E-state index >= 15 is 0 Å². The van der Waals surface area contributed by atoms with Crippen LogP contribution >= 0.6 is 11.6 Å². The summed E-state index contributed by atoms with van der Waals surface area (Å²) in [7, 11) is 2.16. The topological polar surface area (TPSA) is 28.2 Å². The molecule has 0 aliphatic carbocycles. The molecule has 15 heavy (non-hydrogen) atoms. The molecule has 0 saturated carbocycles. The highest BCUT2D eigenvalue weighted by atomic mass is 35.5. The molecule has 3 nitrogen and oxygen atoms in total. The van der Waals surface area contributed by atoms with E-state index < -0.39 is 0 Å². The van der Waals surface area contributed by atoms with Crippen LogP contribution < -0.4 is 5.32 Å². The quantitative estimate of drug-likeness (QED) is 0.791. The molecule has 0 spiro atoms. The molecule has 1 aliphatic heterocycles. The van der Waals surface area contributed by atoms with Gasteiger partial charge in [0.2, 0.25) is 0 Å². The second-order valence-corrected chi connectivity index (χ2v) is 4.44. The van der Waals surface area contributed by atoms with Crippen LogP contribution in [-0.4, -0.2) is 36.1 Å². The summed E-state index contributed by atoms with van der Waals surface area (Å²) >= 11 is 5.74. The van der Waals surface area contributed by atoms with E-state index in [1.807, 2.05) is 18.3 Å². The van der Waals surface area contributed by atoms with Crippen LogP contribution in [0.1, 0.15) is 12.0 Å². The number of nitrogens with one attached hydrogen (secondary N) is 1. The molecule has 1 aromatic rings. The Morgan fingerprint density at radius 1 is 1.60 bits per heavy atom. The molecule has 0 amide bonds. The van der Waals surface area contributed by atoms with Crippen molar-refractivity contribution in [2.45, 2.75) is 19.0 Å². The van der Waals surface area contributed by atoms with E-state index in [0.717, 1.165) is 19.6 Å². The summed E-state index contributed by atoms with van der Waals surface area (Å²) in [5, 5.41) is 3.93. The summed E-state index contributed by atoms with van der Waals surface area (Å²) in [6.45, 7) is 3.17. The maximum atomic E-state index is 5.74. The largest absolute Gasteiger partial charge is 0.315 e. The molecule has 1 aromatic heterocycles. The van der Waals surface area contributed by atoms with Gasteiger partial charge in [-0.25, -0.2) is 4.98 Å². The Morgan fingerprint density at radius 2 is 2.47 bits per heavy atom. The Kier molecular flexibility index (Phi) is 3.57. The van der Waals surface area contributed by atoms with Crippen molar-refractivity contribution in [1.29, 1.82) is 0 Å². The number of rotatable bonds is 3. The lowest BCUT2D eigenvalue weighted by atomic mass is 10.2. The first-order chi connectivity index (χ1) is 7.25. The number of nitrogens with zero attached hydrogens (tertiary/aromatic N) is 2. The SMILES string of the molecule is CN(Cc1ccc(Cl)nc1)[C@@H]1CCNC1. The molecule has 1 fully saturated rings. The van der Waals surface area contributed by atoms with Crippen molar-refractivity contribution in [3.63, 3.8) is 0 Å². The standard InChI is InChI=1S/C11H16ClN3/c1-15(10-4-5-13-7-10)8-9-2-3-11(12)14-6-9/h2-3,6,10,13H,4-5,7-8H2,1H3/t10-/m1/s1. The van der Waals surface area contributed by atoms with Gasteiger partial charge in [0, 0.05) is 25.3 Å². The van der Waals surface area contributed by atoms with Crippen LogP contribution in [0, 0.1) is 0 Å². The molecule has 1 atom stereocenters. The molecule has 82 valence electrons. The first kappa shape index (κ1) is 10.9. The zero-order valence-electron chi connectivity index (χ0n) is 8.91. The van der Waals surface area contributed by atoms with Gasteiger partial charge >= 0.3 is 0 Å². The zero-order chi connectivity index (χ0) is 10.7. The molecule has 1 N–H and O–H groups in total. The average Bonchev–Trinajstić information content (AvgIpc) is 2.74. The van der Waals surface area contributed by atoms with E-state index in [9.17, 15) is 0 Å². The minimum absolute atomic E-state index is 0.559. The van der Waals surface area contributed by atoms with E-state index in [2.05, 4.69) is 22.2 Å². The zero-order valence-corrected chi connectivity index (χ0v) is 9.67. The van der Waals surface area contributed by atoms with Gasteiger partial charge in [0.15, 0.2) is 0 Å². The molecular formula is C11H16ClN3. The smallest absolute Gasteiger partial charge is 0.129 e. The number of halogens is 1. The molecule has 0 unspecified atom stereocenters. The Bertz CT molecular complexity index is 306. The first-order valence-electron chi connectivity index (χ1n) is 5.27. The van der Waals surface area contributed by atoms with E-state index in [1.165, 1.54) is 12.0 Å². The highest BCUT2D eigenvalue weighted by molar-refractivity contribution is 6.29. The van der Waals surface area contributed by atoms with E-state index in [1.54, 1.807) is 0 Å². The lowest BCUT2D eigenvalue weighted by Gasteiger charge is -2.23. The van der Waals surface area contributed by atoms with Crippen LogP contribution in [-0.2, 0) is 6.54 Å². The summed E-state index contributed by atoms with van der Waals surface area (Å²) in [6, 6.07) is 4.53. The fraction of sp³-hybridized carbons (Fsp3) is 0.545. The van der Waals surface area contributed by atoms with Crippen molar-refractivity contribution >= 4 is 11.6 Å². The minimum Gasteiger partial charge on any atom is -0.315 e. The first-order valence-corrected chi connectivity index (χ1v) is 5.65. The van der Waals surface area contributed by atoms with E-state index in [4.69, 9.17) is 11.6 Å². The van der Waals surface area contributed by atoms with Gasteiger partial charge in [0.1, 0.15) is 5.15 Å². The fourth-order valence-corrected chi connectivity index (χ4v) is 2.04. The lowest BCUT2D eigenvalue weighted by Crippen LogP contribution is -2.32. The van der Waals surface area contributed by atoms with Gasteiger partial charge in [0.05, 0.1) is 0 Å². The summed E-state index contributed by atoms with van der Waals surface area (Å²) in [4.78, 5) is 6.45. The fourth-order valence-electron chi connectivity index (χ4n) is 1.93. The second kappa shape index (κ2) is 4.92. The second-order valence-electron chi connectivity index (χ2n) is 4.05. The van der Waals surface area contributed by atoms with Gasteiger partial charge in [-0.15, -0.1) is 0 Å². The number of pyridine rings is 1. The van der Waals surface area contributed by atoms with Crippen molar-refractivity contribution in [3.8, 4) is 0 Å². The monoisotopic (exact) mass is 225 g/mol. The van der Waals surface area contributed by atoms with Gasteiger partial charge in [0.25, 0.3) is 0 Å². The van der Waals surface area contributed by atoms with Crippen LogP contribution in [0.2, 0.25) is 5.15 Å². The predicted molar refractivity (Wildman–Crippen MR) is 62.0 cm³/mol. The van der Waals surface area contributed by atoms with Crippen LogP contribution in [0.25, 0.3) is 0 Å². The van der Waals surface area contributed by atoms with Crippen LogP contribution in [0.4, 0.5) is 0 Å². The van der Waals surface area contributed by atoms with Crippen LogP contribution in [0.15, 0.2) is 18.3 Å². The van der Waals surface area contributed by atoms with Gasteiger partial charge < -0.3 is 5.32 Å². The third-order valence-corrected chi connectivity index (χ3v) is 3.10. The number of hydrogen-bond acceptors (Lipinski definition) is 3. The Balaban J connectivity index is 1.92. The summed E-state index contributed by atoms with van der Waals surface area (Å²) in [5.74, 6) is 0. The molecule has 0 bridgehead atoms. The highest BCUT2D eigenvalue weighted by Crippen LogP contribution is 2.12. The minimum atomic E-state index is 0.559. The normalized spacial score (nSPS) is 21.1. The van der Waals surface area contributed by atoms with E-state index in [0.29, 0.717) is 11.2 Å². The van der Waals surface area contributed by atoms with Crippen LogP contribution in [0.5, 0.6) is 0 Å². The molecular weight excluding hydrogens is 210 g/mol. The Hall–Kier alpha value is -0.640. The van der Waals surface area contributed by atoms with Gasteiger partial charge in [-0.05, 0) is 31.6 Å².